The maximum Gasteiger partial charge on any atom is 0.244 e. The predicted octanol–water partition coefficient (Wildman–Crippen LogP) is 1.41. The number of aromatic nitrogens is 3. The third-order valence-electron chi connectivity index (χ3n) is 2.69. The normalized spacial score (nSPS) is 9.95. The molecule has 0 atom stereocenters. The van der Waals surface area contributed by atoms with Gasteiger partial charge in [0, 0.05) is 5.69 Å². The maximum absolute atomic E-state index is 11.9. The van der Waals surface area contributed by atoms with Crippen LogP contribution in [0.4, 0.5) is 5.69 Å². The zero-order valence-electron chi connectivity index (χ0n) is 10.7. The second kappa shape index (κ2) is 5.31. The number of benzene rings is 1. The molecule has 0 spiro atoms. The molecular weight excluding hydrogens is 242 g/mol. The molecule has 2 rings (SSSR count). The van der Waals surface area contributed by atoms with Gasteiger partial charge < -0.3 is 5.32 Å². The van der Waals surface area contributed by atoms with E-state index in [2.05, 4.69) is 15.5 Å². The first-order valence-electron chi connectivity index (χ1n) is 5.75. The smallest absolute Gasteiger partial charge is 0.244 e. The van der Waals surface area contributed by atoms with E-state index in [0.29, 0.717) is 0 Å². The SMILES string of the molecule is Cc1ccc(NC(=O)Cn2cnnc2C#N)c(C)c1. The van der Waals surface area contributed by atoms with Crippen molar-refractivity contribution < 1.29 is 4.79 Å². The molecule has 0 saturated heterocycles. The Kier molecular flexibility index (Phi) is 3.57. The Morgan fingerprint density at radius 3 is 2.95 bits per heavy atom. The molecule has 2 aromatic rings. The topological polar surface area (TPSA) is 83.6 Å². The fraction of sp³-hybridized carbons (Fsp3) is 0.231. The van der Waals surface area contributed by atoms with Gasteiger partial charge in [-0.05, 0) is 25.5 Å². The van der Waals surface area contributed by atoms with Crippen molar-refractivity contribution in [2.45, 2.75) is 20.4 Å². The first kappa shape index (κ1) is 12.8. The van der Waals surface area contributed by atoms with E-state index in [-0.39, 0.29) is 18.3 Å². The summed E-state index contributed by atoms with van der Waals surface area (Å²) in [6.45, 7) is 3.94. The highest BCUT2D eigenvalue weighted by atomic mass is 16.1. The molecule has 1 aromatic heterocycles. The van der Waals surface area contributed by atoms with Crippen LogP contribution in [0, 0.1) is 25.2 Å². The second-order valence-corrected chi connectivity index (χ2v) is 4.26. The van der Waals surface area contributed by atoms with Crippen molar-refractivity contribution in [1.29, 1.82) is 5.26 Å². The molecule has 0 saturated carbocycles. The number of nitrogens with one attached hydrogen (secondary N) is 1. The van der Waals surface area contributed by atoms with Gasteiger partial charge in [0.15, 0.2) is 0 Å². The minimum atomic E-state index is -0.219. The molecule has 96 valence electrons. The lowest BCUT2D eigenvalue weighted by atomic mass is 10.1. The molecule has 1 aromatic carbocycles. The van der Waals surface area contributed by atoms with Crippen LogP contribution in [0.3, 0.4) is 0 Å². The van der Waals surface area contributed by atoms with Gasteiger partial charge in [-0.2, -0.15) is 5.26 Å². The van der Waals surface area contributed by atoms with Gasteiger partial charge in [0.05, 0.1) is 0 Å². The van der Waals surface area contributed by atoms with Crippen molar-refractivity contribution in [1.82, 2.24) is 14.8 Å². The van der Waals surface area contributed by atoms with Crippen molar-refractivity contribution in [3.05, 3.63) is 41.5 Å². The molecule has 1 heterocycles. The molecule has 1 amide bonds. The Balaban J connectivity index is 2.08. The molecule has 19 heavy (non-hydrogen) atoms. The molecule has 0 unspecified atom stereocenters. The van der Waals surface area contributed by atoms with Crippen LogP contribution in [-0.4, -0.2) is 20.7 Å². The Bertz CT molecular complexity index is 653. The van der Waals surface area contributed by atoms with Gasteiger partial charge in [0.25, 0.3) is 0 Å². The second-order valence-electron chi connectivity index (χ2n) is 4.26. The molecule has 0 fully saturated rings. The van der Waals surface area contributed by atoms with E-state index in [1.165, 1.54) is 10.9 Å². The molecule has 0 aliphatic carbocycles. The lowest BCUT2D eigenvalue weighted by molar-refractivity contribution is -0.116. The molecule has 0 aliphatic heterocycles. The highest BCUT2D eigenvalue weighted by molar-refractivity contribution is 5.91. The van der Waals surface area contributed by atoms with E-state index in [1.807, 2.05) is 38.1 Å². The van der Waals surface area contributed by atoms with Gasteiger partial charge in [0.2, 0.25) is 11.7 Å². The van der Waals surface area contributed by atoms with Crippen LogP contribution in [0.5, 0.6) is 0 Å². The van der Waals surface area contributed by atoms with E-state index >= 15 is 0 Å². The summed E-state index contributed by atoms with van der Waals surface area (Å²) >= 11 is 0. The van der Waals surface area contributed by atoms with Crippen molar-refractivity contribution in [3.63, 3.8) is 0 Å². The number of aryl methyl sites for hydroxylation is 2. The number of amides is 1. The molecule has 6 heteroatoms. The van der Waals surface area contributed by atoms with Crippen molar-refractivity contribution in [3.8, 4) is 6.07 Å². The van der Waals surface area contributed by atoms with Gasteiger partial charge in [0.1, 0.15) is 18.9 Å². The van der Waals surface area contributed by atoms with Gasteiger partial charge in [-0.3, -0.25) is 9.36 Å². The van der Waals surface area contributed by atoms with Gasteiger partial charge in [-0.15, -0.1) is 10.2 Å². The molecule has 6 nitrogen and oxygen atoms in total. The largest absolute Gasteiger partial charge is 0.324 e. The number of anilines is 1. The molecule has 0 radical (unpaired) electrons. The van der Waals surface area contributed by atoms with E-state index in [1.54, 1.807) is 0 Å². The third kappa shape index (κ3) is 2.96. The summed E-state index contributed by atoms with van der Waals surface area (Å²) in [5, 5.41) is 18.8. The lowest BCUT2D eigenvalue weighted by Gasteiger charge is -2.09. The zero-order valence-corrected chi connectivity index (χ0v) is 10.7. The minimum Gasteiger partial charge on any atom is -0.324 e. The fourth-order valence-corrected chi connectivity index (χ4v) is 1.76. The van der Waals surface area contributed by atoms with Crippen molar-refractivity contribution >= 4 is 11.6 Å². The first-order chi connectivity index (χ1) is 9.10. The van der Waals surface area contributed by atoms with Crippen LogP contribution in [0.2, 0.25) is 0 Å². The van der Waals surface area contributed by atoms with Crippen LogP contribution >= 0.6 is 0 Å². The quantitative estimate of drug-likeness (QED) is 0.898. The number of rotatable bonds is 3. The summed E-state index contributed by atoms with van der Waals surface area (Å²) in [4.78, 5) is 11.9. The third-order valence-corrected chi connectivity index (χ3v) is 2.69. The Hall–Kier alpha value is -2.68. The monoisotopic (exact) mass is 255 g/mol. The summed E-state index contributed by atoms with van der Waals surface area (Å²) < 4.78 is 1.40. The Morgan fingerprint density at radius 1 is 1.47 bits per heavy atom. The Labute approximate surface area is 110 Å². The van der Waals surface area contributed by atoms with Gasteiger partial charge in [-0.1, -0.05) is 17.7 Å². The summed E-state index contributed by atoms with van der Waals surface area (Å²) in [7, 11) is 0. The summed E-state index contributed by atoms with van der Waals surface area (Å²) in [6.07, 6.45) is 1.36. The molecule has 0 aliphatic rings. The van der Waals surface area contributed by atoms with E-state index in [0.717, 1.165) is 16.8 Å². The van der Waals surface area contributed by atoms with Crippen LogP contribution in [0.15, 0.2) is 24.5 Å². The number of nitrogens with zero attached hydrogens (tertiary/aromatic N) is 4. The summed E-state index contributed by atoms with van der Waals surface area (Å²) in [5.74, 6) is -0.0981. The zero-order chi connectivity index (χ0) is 13.8. The summed E-state index contributed by atoms with van der Waals surface area (Å²) in [6, 6.07) is 7.66. The van der Waals surface area contributed by atoms with Crippen LogP contribution in [0.1, 0.15) is 17.0 Å². The number of hydrogen-bond acceptors (Lipinski definition) is 4. The number of carbonyl (C=O) groups excluding carboxylic acids is 1. The standard InChI is InChI=1S/C13H13N5O/c1-9-3-4-11(10(2)5-9)16-13(19)7-18-8-15-17-12(18)6-14/h3-5,8H,7H2,1-2H3,(H,16,19). The van der Waals surface area contributed by atoms with Gasteiger partial charge >= 0.3 is 0 Å². The highest BCUT2D eigenvalue weighted by Gasteiger charge is 2.09. The Morgan fingerprint density at radius 2 is 2.26 bits per heavy atom. The van der Waals surface area contributed by atoms with E-state index in [9.17, 15) is 4.79 Å². The van der Waals surface area contributed by atoms with Crippen molar-refractivity contribution in [2.75, 3.05) is 5.32 Å². The average molecular weight is 255 g/mol. The molecule has 0 bridgehead atoms. The number of hydrogen-bond donors (Lipinski definition) is 1. The number of carbonyl (C=O) groups is 1. The maximum atomic E-state index is 11.9. The minimum absolute atomic E-state index is 0.0171. The van der Waals surface area contributed by atoms with Crippen LogP contribution < -0.4 is 5.32 Å². The fourth-order valence-electron chi connectivity index (χ4n) is 1.76. The van der Waals surface area contributed by atoms with E-state index in [4.69, 9.17) is 5.26 Å². The van der Waals surface area contributed by atoms with Crippen LogP contribution in [0.25, 0.3) is 0 Å². The van der Waals surface area contributed by atoms with Gasteiger partial charge in [-0.25, -0.2) is 0 Å². The predicted molar refractivity (Wildman–Crippen MR) is 69.3 cm³/mol. The highest BCUT2D eigenvalue weighted by Crippen LogP contribution is 2.15. The van der Waals surface area contributed by atoms with Crippen LogP contribution in [-0.2, 0) is 11.3 Å². The van der Waals surface area contributed by atoms with Crippen molar-refractivity contribution in [2.24, 2.45) is 0 Å². The lowest BCUT2D eigenvalue weighted by Crippen LogP contribution is -2.19. The number of nitriles is 1. The average Bonchev–Trinajstić information content (AvgIpc) is 2.80. The summed E-state index contributed by atoms with van der Waals surface area (Å²) in [5.41, 5.74) is 2.90. The van der Waals surface area contributed by atoms with E-state index < -0.39 is 0 Å². The molecular formula is C13H13N5O. The molecule has 1 N–H and O–H groups in total. The first-order valence-corrected chi connectivity index (χ1v) is 5.75.